The Balaban J connectivity index is 5.30. The SMILES string of the molecule is FC(F)(F)C(F)(F)C(Br)(Br)C(F)(F)F. The van der Waals surface area contributed by atoms with Crippen LogP contribution < -0.4 is 0 Å². The van der Waals surface area contributed by atoms with Gasteiger partial charge >= 0.3 is 18.3 Å². The molecule has 14 heavy (non-hydrogen) atoms. The van der Waals surface area contributed by atoms with Crippen LogP contribution in [0.2, 0.25) is 0 Å². The molecule has 0 atom stereocenters. The molecule has 0 rings (SSSR count). The average molecular weight is 360 g/mol. The van der Waals surface area contributed by atoms with Crippen LogP contribution in [0.3, 0.4) is 0 Å². The van der Waals surface area contributed by atoms with Crippen LogP contribution in [0.25, 0.3) is 0 Å². The molecule has 0 aromatic heterocycles. The lowest BCUT2D eigenvalue weighted by Crippen LogP contribution is -2.57. The van der Waals surface area contributed by atoms with E-state index in [0.29, 0.717) is 0 Å². The van der Waals surface area contributed by atoms with Gasteiger partial charge in [-0.2, -0.15) is 35.1 Å². The highest BCUT2D eigenvalue weighted by Gasteiger charge is 2.78. The molecule has 0 amide bonds. The predicted octanol–water partition coefficient (Wildman–Crippen LogP) is 4.23. The molecule has 0 bridgehead atoms. The second-order valence-electron chi connectivity index (χ2n) is 2.14. The summed E-state index contributed by atoms with van der Waals surface area (Å²) in [7, 11) is 0. The molecule has 0 aromatic rings. The molecular formula is C4Br2F8. The van der Waals surface area contributed by atoms with Crippen LogP contribution in [-0.4, -0.2) is 21.5 Å². The highest BCUT2D eigenvalue weighted by molar-refractivity contribution is 9.25. The van der Waals surface area contributed by atoms with Gasteiger partial charge in [0, 0.05) is 0 Å². The Hall–Kier alpha value is 0.400. The molecule has 0 unspecified atom stereocenters. The summed E-state index contributed by atoms with van der Waals surface area (Å²) in [5.41, 5.74) is 0. The maximum Gasteiger partial charge on any atom is 0.456 e. The second-order valence-corrected chi connectivity index (χ2v) is 5.59. The van der Waals surface area contributed by atoms with Crippen LogP contribution in [0, 0.1) is 0 Å². The Morgan fingerprint density at radius 1 is 0.571 bits per heavy atom. The van der Waals surface area contributed by atoms with Gasteiger partial charge in [-0.3, -0.25) is 0 Å². The van der Waals surface area contributed by atoms with E-state index in [2.05, 4.69) is 0 Å². The van der Waals surface area contributed by atoms with Gasteiger partial charge in [0.2, 0.25) is 3.23 Å². The Labute approximate surface area is 88.9 Å². The number of hydrogen-bond donors (Lipinski definition) is 0. The number of halogens is 10. The molecule has 0 spiro atoms. The summed E-state index contributed by atoms with van der Waals surface area (Å²) >= 11 is 2.56. The quantitative estimate of drug-likeness (QED) is 0.485. The van der Waals surface area contributed by atoms with Crippen LogP contribution in [0.4, 0.5) is 35.1 Å². The normalized spacial score (nSPS) is 15.9. The Kier molecular flexibility index (Phi) is 3.56. The summed E-state index contributed by atoms with van der Waals surface area (Å²) in [4.78, 5) is 0. The molecule has 0 N–H and O–H groups in total. The van der Waals surface area contributed by atoms with Crippen molar-refractivity contribution in [3.63, 3.8) is 0 Å². The number of alkyl halides is 10. The van der Waals surface area contributed by atoms with Crippen molar-refractivity contribution < 1.29 is 35.1 Å². The van der Waals surface area contributed by atoms with Gasteiger partial charge in [0.25, 0.3) is 0 Å². The van der Waals surface area contributed by atoms with Crippen molar-refractivity contribution in [1.82, 2.24) is 0 Å². The van der Waals surface area contributed by atoms with E-state index in [1.165, 1.54) is 31.9 Å². The topological polar surface area (TPSA) is 0 Å². The molecule has 0 aliphatic carbocycles. The highest BCUT2D eigenvalue weighted by atomic mass is 79.9. The first kappa shape index (κ1) is 14.4. The Bertz CT molecular complexity index is 188. The van der Waals surface area contributed by atoms with E-state index >= 15 is 0 Å². The first-order valence-electron chi connectivity index (χ1n) is 2.64. The third kappa shape index (κ3) is 2.15. The standard InChI is InChI=1S/C4Br2F8/c5-1(6,3(9,10)11)2(7,8)4(12,13)14. The van der Waals surface area contributed by atoms with Crippen molar-refractivity contribution in [2.24, 2.45) is 0 Å². The van der Waals surface area contributed by atoms with Gasteiger partial charge in [-0.25, -0.2) is 0 Å². The van der Waals surface area contributed by atoms with Crippen molar-refractivity contribution in [1.29, 1.82) is 0 Å². The zero-order chi connectivity index (χ0) is 12.0. The highest BCUT2D eigenvalue weighted by Crippen LogP contribution is 2.58. The van der Waals surface area contributed by atoms with Gasteiger partial charge in [0.15, 0.2) is 0 Å². The molecule has 0 saturated carbocycles. The van der Waals surface area contributed by atoms with E-state index in [-0.39, 0.29) is 0 Å². The molecule has 0 radical (unpaired) electrons. The molecule has 0 saturated heterocycles. The van der Waals surface area contributed by atoms with Crippen LogP contribution >= 0.6 is 31.9 Å². The molecule has 0 nitrogen and oxygen atoms in total. The molecule has 10 heteroatoms. The summed E-state index contributed by atoms with van der Waals surface area (Å²) in [6.45, 7) is 0. The van der Waals surface area contributed by atoms with E-state index in [1.807, 2.05) is 0 Å². The summed E-state index contributed by atoms with van der Waals surface area (Å²) in [6, 6.07) is 0. The maximum atomic E-state index is 12.3. The zero-order valence-electron chi connectivity index (χ0n) is 5.78. The second kappa shape index (κ2) is 3.46. The van der Waals surface area contributed by atoms with Gasteiger partial charge in [-0.15, -0.1) is 0 Å². The van der Waals surface area contributed by atoms with Crippen molar-refractivity contribution in [3.8, 4) is 0 Å². The van der Waals surface area contributed by atoms with E-state index < -0.39 is 21.5 Å². The lowest BCUT2D eigenvalue weighted by atomic mass is 10.2. The van der Waals surface area contributed by atoms with Crippen LogP contribution in [0.5, 0.6) is 0 Å². The molecule has 0 aliphatic heterocycles. The minimum Gasteiger partial charge on any atom is -0.193 e. The molecule has 86 valence electrons. The molecule has 0 aliphatic rings. The van der Waals surface area contributed by atoms with Gasteiger partial charge in [0.05, 0.1) is 0 Å². The third-order valence-electron chi connectivity index (χ3n) is 1.11. The summed E-state index contributed by atoms with van der Waals surface area (Å²) < 4.78 is 90.0. The fourth-order valence-electron chi connectivity index (χ4n) is 0.356. The average Bonchev–Trinajstić information content (AvgIpc) is 1.81. The summed E-state index contributed by atoms with van der Waals surface area (Å²) in [5.74, 6) is -5.97. The summed E-state index contributed by atoms with van der Waals surface area (Å²) in [5, 5.41) is 0. The van der Waals surface area contributed by atoms with Crippen molar-refractivity contribution in [2.45, 2.75) is 21.5 Å². The molecule has 0 fully saturated rings. The van der Waals surface area contributed by atoms with Crippen molar-refractivity contribution in [2.75, 3.05) is 0 Å². The predicted molar refractivity (Wildman–Crippen MR) is 37.6 cm³/mol. The zero-order valence-corrected chi connectivity index (χ0v) is 8.95. The fraction of sp³-hybridized carbons (Fsp3) is 1.00. The third-order valence-corrected chi connectivity index (χ3v) is 3.00. The van der Waals surface area contributed by atoms with Crippen LogP contribution in [0.15, 0.2) is 0 Å². The van der Waals surface area contributed by atoms with E-state index in [9.17, 15) is 35.1 Å². The monoisotopic (exact) mass is 358 g/mol. The van der Waals surface area contributed by atoms with Gasteiger partial charge in [0.1, 0.15) is 0 Å². The smallest absolute Gasteiger partial charge is 0.193 e. The summed E-state index contributed by atoms with van der Waals surface area (Å²) in [6.07, 6.45) is -12.1. The van der Waals surface area contributed by atoms with Crippen molar-refractivity contribution in [3.05, 3.63) is 0 Å². The first-order chi connectivity index (χ1) is 5.75. The lowest BCUT2D eigenvalue weighted by Gasteiger charge is -2.33. The Morgan fingerprint density at radius 3 is 0.929 bits per heavy atom. The first-order valence-corrected chi connectivity index (χ1v) is 4.23. The lowest BCUT2D eigenvalue weighted by molar-refractivity contribution is -0.313. The molecular weight excluding hydrogens is 360 g/mol. The molecule has 0 aromatic carbocycles. The van der Waals surface area contributed by atoms with Gasteiger partial charge in [-0.05, 0) is 0 Å². The van der Waals surface area contributed by atoms with Crippen LogP contribution in [0.1, 0.15) is 0 Å². The van der Waals surface area contributed by atoms with Crippen molar-refractivity contribution >= 4 is 31.9 Å². The largest absolute Gasteiger partial charge is 0.456 e. The number of rotatable bonds is 1. The molecule has 0 heterocycles. The maximum absolute atomic E-state index is 12.3. The van der Waals surface area contributed by atoms with Crippen LogP contribution in [-0.2, 0) is 0 Å². The minimum atomic E-state index is -6.31. The van der Waals surface area contributed by atoms with Gasteiger partial charge < -0.3 is 0 Å². The van der Waals surface area contributed by atoms with E-state index in [4.69, 9.17) is 0 Å². The Morgan fingerprint density at radius 2 is 0.857 bits per heavy atom. The fourth-order valence-corrected chi connectivity index (χ4v) is 0.806. The van der Waals surface area contributed by atoms with E-state index in [1.54, 1.807) is 0 Å². The minimum absolute atomic E-state index is 1.28. The number of hydrogen-bond acceptors (Lipinski definition) is 0. The van der Waals surface area contributed by atoms with Gasteiger partial charge in [-0.1, -0.05) is 31.9 Å². The van der Waals surface area contributed by atoms with E-state index in [0.717, 1.165) is 0 Å².